The van der Waals surface area contributed by atoms with E-state index >= 15 is 0 Å². The molecule has 1 aliphatic heterocycles. The second kappa shape index (κ2) is 9.12. The Labute approximate surface area is 173 Å². The number of ether oxygens (including phenoxy) is 1. The van der Waals surface area contributed by atoms with Gasteiger partial charge in [0.25, 0.3) is 0 Å². The Bertz CT molecular complexity index is 835. The van der Waals surface area contributed by atoms with Crippen molar-refractivity contribution >= 4 is 11.8 Å². The van der Waals surface area contributed by atoms with Crippen molar-refractivity contribution in [1.82, 2.24) is 10.2 Å². The quantitative estimate of drug-likeness (QED) is 0.819. The second-order valence-electron chi connectivity index (χ2n) is 8.60. The van der Waals surface area contributed by atoms with Crippen molar-refractivity contribution in [3.63, 3.8) is 0 Å². The third-order valence-electron chi connectivity index (χ3n) is 5.14. The summed E-state index contributed by atoms with van der Waals surface area (Å²) in [6.07, 6.45) is 1.43. The number of hydrogen-bond donors (Lipinski definition) is 1. The molecule has 2 amide bonds. The zero-order valence-corrected chi connectivity index (χ0v) is 17.5. The number of piperidine rings is 1. The van der Waals surface area contributed by atoms with Crippen LogP contribution in [0, 0.1) is 11.3 Å². The average Bonchev–Trinajstić information content (AvgIpc) is 2.72. The zero-order chi connectivity index (χ0) is 20.9. The number of hydrogen-bond acceptors (Lipinski definition) is 3. The first kappa shape index (κ1) is 20.9. The molecule has 0 saturated carbocycles. The maximum atomic E-state index is 12.6. The summed E-state index contributed by atoms with van der Waals surface area (Å²) in [7, 11) is 0. The number of likely N-dealkylation sites (tertiary alicyclic amines) is 1. The summed E-state index contributed by atoms with van der Waals surface area (Å²) in [5.41, 5.74) is 0.620. The normalized spacial score (nSPS) is 15.1. The molecule has 1 heterocycles. The highest BCUT2D eigenvalue weighted by atomic mass is 16.5. The SMILES string of the molecule is CC(C)(C)C(=O)N1CCC(C(=O)NCc2cccc(Oc3ccccc3)c2)CC1. The molecule has 0 atom stereocenters. The molecular formula is C24H30N2O3. The minimum atomic E-state index is -0.373. The van der Waals surface area contributed by atoms with E-state index in [9.17, 15) is 9.59 Å². The van der Waals surface area contributed by atoms with Crippen molar-refractivity contribution in [2.45, 2.75) is 40.2 Å². The molecule has 29 heavy (non-hydrogen) atoms. The van der Waals surface area contributed by atoms with Crippen LogP contribution in [0.4, 0.5) is 0 Å². The maximum absolute atomic E-state index is 12.6. The minimum absolute atomic E-state index is 0.0391. The van der Waals surface area contributed by atoms with Crippen molar-refractivity contribution in [3.8, 4) is 11.5 Å². The maximum Gasteiger partial charge on any atom is 0.227 e. The van der Waals surface area contributed by atoms with Gasteiger partial charge in [0.05, 0.1) is 0 Å². The smallest absolute Gasteiger partial charge is 0.227 e. The van der Waals surface area contributed by atoms with Crippen molar-refractivity contribution < 1.29 is 14.3 Å². The van der Waals surface area contributed by atoms with Gasteiger partial charge >= 0.3 is 0 Å². The van der Waals surface area contributed by atoms with Crippen molar-refractivity contribution in [3.05, 3.63) is 60.2 Å². The van der Waals surface area contributed by atoms with E-state index in [1.807, 2.05) is 80.3 Å². The van der Waals surface area contributed by atoms with Gasteiger partial charge in [-0.3, -0.25) is 9.59 Å². The third kappa shape index (κ3) is 5.83. The molecule has 3 rings (SSSR count). The van der Waals surface area contributed by atoms with Crippen LogP contribution in [0.1, 0.15) is 39.2 Å². The van der Waals surface area contributed by atoms with Crippen LogP contribution in [-0.4, -0.2) is 29.8 Å². The van der Waals surface area contributed by atoms with Gasteiger partial charge in [-0.25, -0.2) is 0 Å². The molecular weight excluding hydrogens is 364 g/mol. The van der Waals surface area contributed by atoms with Gasteiger partial charge < -0.3 is 15.0 Å². The molecule has 0 bridgehead atoms. The molecule has 1 fully saturated rings. The van der Waals surface area contributed by atoms with Gasteiger partial charge in [-0.2, -0.15) is 0 Å². The van der Waals surface area contributed by atoms with Crippen LogP contribution < -0.4 is 10.1 Å². The minimum Gasteiger partial charge on any atom is -0.457 e. The molecule has 0 aromatic heterocycles. The second-order valence-corrected chi connectivity index (χ2v) is 8.60. The molecule has 154 valence electrons. The van der Waals surface area contributed by atoms with E-state index in [1.54, 1.807) is 0 Å². The Balaban J connectivity index is 1.49. The van der Waals surface area contributed by atoms with Crippen molar-refractivity contribution in [1.29, 1.82) is 0 Å². The van der Waals surface area contributed by atoms with E-state index in [-0.39, 0.29) is 23.1 Å². The van der Waals surface area contributed by atoms with E-state index < -0.39 is 0 Å². The monoisotopic (exact) mass is 394 g/mol. The molecule has 1 N–H and O–H groups in total. The molecule has 0 spiro atoms. The molecule has 1 saturated heterocycles. The number of nitrogens with one attached hydrogen (secondary N) is 1. The predicted molar refractivity (Wildman–Crippen MR) is 114 cm³/mol. The fourth-order valence-electron chi connectivity index (χ4n) is 3.50. The van der Waals surface area contributed by atoms with Gasteiger partial charge in [-0.1, -0.05) is 51.1 Å². The van der Waals surface area contributed by atoms with E-state index in [4.69, 9.17) is 4.74 Å². The van der Waals surface area contributed by atoms with E-state index in [2.05, 4.69) is 5.32 Å². The van der Waals surface area contributed by atoms with E-state index in [0.29, 0.717) is 32.5 Å². The number of carbonyl (C=O) groups is 2. The van der Waals surface area contributed by atoms with Crippen LogP contribution >= 0.6 is 0 Å². The number of carbonyl (C=O) groups excluding carboxylic acids is 2. The molecule has 1 aliphatic rings. The van der Waals surface area contributed by atoms with Crippen LogP contribution in [0.15, 0.2) is 54.6 Å². The van der Waals surface area contributed by atoms with Crippen LogP contribution in [0.5, 0.6) is 11.5 Å². The Kier molecular flexibility index (Phi) is 6.57. The average molecular weight is 395 g/mol. The Hall–Kier alpha value is -2.82. The Morgan fingerprint density at radius 1 is 1.00 bits per heavy atom. The number of para-hydroxylation sites is 1. The van der Waals surface area contributed by atoms with E-state index in [0.717, 1.165) is 17.1 Å². The first-order valence-electron chi connectivity index (χ1n) is 10.2. The van der Waals surface area contributed by atoms with Crippen molar-refractivity contribution in [2.75, 3.05) is 13.1 Å². The third-order valence-corrected chi connectivity index (χ3v) is 5.14. The van der Waals surface area contributed by atoms with Crippen LogP contribution in [-0.2, 0) is 16.1 Å². The molecule has 5 heteroatoms. The zero-order valence-electron chi connectivity index (χ0n) is 17.5. The number of rotatable bonds is 5. The standard InChI is InChI=1S/C24H30N2O3/c1-24(2,3)23(28)26-14-12-19(13-15-26)22(27)25-17-18-8-7-11-21(16-18)29-20-9-5-4-6-10-20/h4-11,16,19H,12-15,17H2,1-3H3,(H,25,27). The van der Waals surface area contributed by atoms with E-state index in [1.165, 1.54) is 0 Å². The molecule has 5 nitrogen and oxygen atoms in total. The summed E-state index contributed by atoms with van der Waals surface area (Å²) >= 11 is 0. The summed E-state index contributed by atoms with van der Waals surface area (Å²) in [6, 6.07) is 17.4. The Morgan fingerprint density at radius 2 is 1.66 bits per heavy atom. The molecule has 0 radical (unpaired) electrons. The lowest BCUT2D eigenvalue weighted by Gasteiger charge is -2.35. The summed E-state index contributed by atoms with van der Waals surface area (Å²) in [4.78, 5) is 26.8. The fraction of sp³-hybridized carbons (Fsp3) is 0.417. The highest BCUT2D eigenvalue weighted by molar-refractivity contribution is 5.82. The largest absolute Gasteiger partial charge is 0.457 e. The molecule has 0 aliphatic carbocycles. The van der Waals surface area contributed by atoms with Gasteiger partial charge in [-0.05, 0) is 42.7 Å². The molecule has 0 unspecified atom stereocenters. The van der Waals surface area contributed by atoms with Gasteiger partial charge in [-0.15, -0.1) is 0 Å². The highest BCUT2D eigenvalue weighted by Crippen LogP contribution is 2.24. The number of nitrogens with zero attached hydrogens (tertiary/aromatic N) is 1. The lowest BCUT2D eigenvalue weighted by molar-refractivity contribution is -0.142. The number of amides is 2. The summed E-state index contributed by atoms with van der Waals surface area (Å²) in [6.45, 7) is 7.56. The Morgan fingerprint density at radius 3 is 2.31 bits per heavy atom. The van der Waals surface area contributed by atoms with Crippen LogP contribution in [0.25, 0.3) is 0 Å². The van der Waals surface area contributed by atoms with Gasteiger partial charge in [0.2, 0.25) is 11.8 Å². The van der Waals surface area contributed by atoms with Gasteiger partial charge in [0.1, 0.15) is 11.5 Å². The predicted octanol–water partition coefficient (Wildman–Crippen LogP) is 4.38. The molecule has 2 aromatic rings. The topological polar surface area (TPSA) is 58.6 Å². The lowest BCUT2D eigenvalue weighted by atomic mass is 9.90. The van der Waals surface area contributed by atoms with Gasteiger partial charge in [0.15, 0.2) is 0 Å². The van der Waals surface area contributed by atoms with Crippen molar-refractivity contribution in [2.24, 2.45) is 11.3 Å². The first-order chi connectivity index (χ1) is 13.8. The first-order valence-corrected chi connectivity index (χ1v) is 10.2. The fourth-order valence-corrected chi connectivity index (χ4v) is 3.50. The highest BCUT2D eigenvalue weighted by Gasteiger charge is 2.32. The number of benzene rings is 2. The van der Waals surface area contributed by atoms with Crippen LogP contribution in [0.2, 0.25) is 0 Å². The van der Waals surface area contributed by atoms with Crippen LogP contribution in [0.3, 0.4) is 0 Å². The summed E-state index contributed by atoms with van der Waals surface area (Å²) < 4.78 is 5.85. The van der Waals surface area contributed by atoms with Gasteiger partial charge in [0, 0.05) is 31.0 Å². The summed E-state index contributed by atoms with van der Waals surface area (Å²) in [5.74, 6) is 1.71. The summed E-state index contributed by atoms with van der Waals surface area (Å²) in [5, 5.41) is 3.04. The molecule has 2 aromatic carbocycles. The lowest BCUT2D eigenvalue weighted by Crippen LogP contribution is -2.46.